The molecular weight excluding hydrogens is 409 g/mol. The van der Waals surface area contributed by atoms with Crippen LogP contribution in [-0.4, -0.2) is 34.8 Å². The summed E-state index contributed by atoms with van der Waals surface area (Å²) in [5.74, 6) is -1.14. The molecule has 2 amide bonds. The Hall–Kier alpha value is -1.59. The number of aromatic hydroxyl groups is 1. The Kier molecular flexibility index (Phi) is 5.79. The van der Waals surface area contributed by atoms with Crippen LogP contribution in [0.1, 0.15) is 26.3 Å². The second-order valence-electron chi connectivity index (χ2n) is 6.19. The molecule has 0 bridgehead atoms. The minimum Gasteiger partial charge on any atom is -0.744 e. The molecule has 0 atom stereocenters. The Morgan fingerprint density at radius 3 is 2.21 bits per heavy atom. The molecule has 0 aromatic heterocycles. The third-order valence-electron chi connectivity index (χ3n) is 4.47. The van der Waals surface area contributed by atoms with E-state index in [9.17, 15) is 27.7 Å². The Balaban J connectivity index is 0.00000225. The van der Waals surface area contributed by atoms with E-state index in [-0.39, 0.29) is 74.8 Å². The number of rotatable bonds is 3. The molecule has 3 aromatic carbocycles. The van der Waals surface area contributed by atoms with Gasteiger partial charge in [-0.05, 0) is 41.3 Å². The summed E-state index contributed by atoms with van der Waals surface area (Å²) in [4.78, 5) is 26.2. The molecule has 0 radical (unpaired) electrons. The quantitative estimate of drug-likeness (QED) is 0.338. The first kappa shape index (κ1) is 21.1. The third kappa shape index (κ3) is 3.66. The molecule has 0 spiro atoms. The first-order valence-electron chi connectivity index (χ1n) is 7.92. The van der Waals surface area contributed by atoms with Crippen molar-refractivity contribution >= 4 is 32.7 Å². The summed E-state index contributed by atoms with van der Waals surface area (Å²) < 4.78 is 34.4. The maximum absolute atomic E-state index is 12.9. The van der Waals surface area contributed by atoms with E-state index in [0.717, 1.165) is 11.0 Å². The normalized spacial score (nSPS) is 13.5. The number of phenolic OH excluding ortho intramolecular Hbond substituents is 1. The molecule has 1 N–H and O–H groups in total. The molecule has 3 aromatic rings. The Bertz CT molecular complexity index is 1220. The number of imide groups is 1. The molecule has 0 saturated heterocycles. The van der Waals surface area contributed by atoms with Crippen molar-refractivity contribution in [2.75, 3.05) is 0 Å². The van der Waals surface area contributed by atoms with E-state index < -0.39 is 26.8 Å². The fourth-order valence-corrected chi connectivity index (χ4v) is 3.74. The Morgan fingerprint density at radius 2 is 1.57 bits per heavy atom. The Labute approximate surface area is 203 Å². The van der Waals surface area contributed by atoms with E-state index in [4.69, 9.17) is 0 Å². The van der Waals surface area contributed by atoms with E-state index in [1.807, 2.05) is 0 Å². The number of nitrogens with zero attached hydrogens (tertiary/aromatic N) is 1. The van der Waals surface area contributed by atoms with Crippen molar-refractivity contribution in [3.8, 4) is 5.75 Å². The largest absolute Gasteiger partial charge is 1.00 e. The second kappa shape index (κ2) is 7.67. The minimum absolute atomic E-state index is 0. The van der Waals surface area contributed by atoms with Gasteiger partial charge in [0.2, 0.25) is 0 Å². The molecule has 1 aliphatic heterocycles. The molecule has 9 heteroatoms. The molecule has 1 aliphatic rings. The standard InChI is InChI=1S/C19H13NO6S.K/c21-13-6-4-11(5-7-13)10-20-18(22)15-3-1-2-12-8-14(27(24,25)26)9-16(17(12)15)19(20)23;/h1-9,21H,10H2,(H,24,25,26);/q;+1/p-1. The van der Waals surface area contributed by atoms with Crippen molar-refractivity contribution in [3.05, 3.63) is 71.3 Å². The van der Waals surface area contributed by atoms with Gasteiger partial charge in [-0.2, -0.15) is 0 Å². The number of benzene rings is 3. The van der Waals surface area contributed by atoms with Crippen LogP contribution in [0.5, 0.6) is 5.75 Å². The molecule has 0 unspecified atom stereocenters. The monoisotopic (exact) mass is 421 g/mol. The van der Waals surface area contributed by atoms with Crippen LogP contribution < -0.4 is 51.4 Å². The van der Waals surface area contributed by atoms with Gasteiger partial charge in [-0.15, -0.1) is 0 Å². The summed E-state index contributed by atoms with van der Waals surface area (Å²) in [5.41, 5.74) is 0.865. The van der Waals surface area contributed by atoms with Crippen molar-refractivity contribution < 1.29 is 79.1 Å². The van der Waals surface area contributed by atoms with Gasteiger partial charge in [0, 0.05) is 16.5 Å². The van der Waals surface area contributed by atoms with Crippen LogP contribution in [0.15, 0.2) is 59.5 Å². The van der Waals surface area contributed by atoms with Gasteiger partial charge < -0.3 is 9.66 Å². The van der Waals surface area contributed by atoms with Crippen molar-refractivity contribution in [1.29, 1.82) is 0 Å². The van der Waals surface area contributed by atoms with Crippen molar-refractivity contribution in [1.82, 2.24) is 4.90 Å². The minimum atomic E-state index is -4.77. The summed E-state index contributed by atoms with van der Waals surface area (Å²) in [6, 6.07) is 12.9. The molecule has 0 fully saturated rings. The van der Waals surface area contributed by atoms with Crippen molar-refractivity contribution in [2.24, 2.45) is 0 Å². The molecule has 28 heavy (non-hydrogen) atoms. The van der Waals surface area contributed by atoms with E-state index in [1.54, 1.807) is 30.3 Å². The maximum Gasteiger partial charge on any atom is 1.00 e. The fourth-order valence-electron chi connectivity index (χ4n) is 3.20. The zero-order valence-electron chi connectivity index (χ0n) is 14.7. The van der Waals surface area contributed by atoms with Gasteiger partial charge in [0.25, 0.3) is 11.8 Å². The average molecular weight is 421 g/mol. The van der Waals surface area contributed by atoms with Crippen molar-refractivity contribution in [3.63, 3.8) is 0 Å². The zero-order valence-corrected chi connectivity index (χ0v) is 18.7. The van der Waals surface area contributed by atoms with Crippen LogP contribution >= 0.6 is 0 Å². The number of phenols is 1. The average Bonchev–Trinajstić information content (AvgIpc) is 2.63. The van der Waals surface area contributed by atoms with Gasteiger partial charge in [-0.25, -0.2) is 8.42 Å². The summed E-state index contributed by atoms with van der Waals surface area (Å²) in [6.07, 6.45) is 0. The maximum atomic E-state index is 12.9. The molecule has 0 saturated carbocycles. The summed E-state index contributed by atoms with van der Waals surface area (Å²) >= 11 is 0. The predicted molar refractivity (Wildman–Crippen MR) is 94.2 cm³/mol. The van der Waals surface area contributed by atoms with E-state index in [0.29, 0.717) is 16.3 Å². The van der Waals surface area contributed by atoms with Crippen LogP contribution in [0.3, 0.4) is 0 Å². The van der Waals surface area contributed by atoms with Gasteiger partial charge in [0.05, 0.1) is 11.4 Å². The number of carbonyl (C=O) groups excluding carboxylic acids is 2. The second-order valence-corrected chi connectivity index (χ2v) is 7.57. The van der Waals surface area contributed by atoms with Gasteiger partial charge in [0.15, 0.2) is 0 Å². The van der Waals surface area contributed by atoms with Gasteiger partial charge in [-0.1, -0.05) is 24.3 Å². The molecule has 0 aliphatic carbocycles. The van der Waals surface area contributed by atoms with E-state index in [1.165, 1.54) is 18.2 Å². The molecule has 136 valence electrons. The fraction of sp³-hybridized carbons (Fsp3) is 0.0526. The molecule has 1 heterocycles. The van der Waals surface area contributed by atoms with Crippen LogP contribution in [0, 0.1) is 0 Å². The number of hydrogen-bond acceptors (Lipinski definition) is 6. The number of carbonyl (C=O) groups is 2. The molecular formula is C19H12KNO6S. The first-order chi connectivity index (χ1) is 12.8. The predicted octanol–water partition coefficient (Wildman–Crippen LogP) is -0.750. The van der Waals surface area contributed by atoms with Crippen LogP contribution in [-0.2, 0) is 16.7 Å². The zero-order chi connectivity index (χ0) is 19.3. The van der Waals surface area contributed by atoms with Crippen LogP contribution in [0.2, 0.25) is 0 Å². The van der Waals surface area contributed by atoms with Crippen LogP contribution in [0.4, 0.5) is 0 Å². The third-order valence-corrected chi connectivity index (χ3v) is 5.28. The molecule has 7 nitrogen and oxygen atoms in total. The first-order valence-corrected chi connectivity index (χ1v) is 9.33. The van der Waals surface area contributed by atoms with Gasteiger partial charge in [0.1, 0.15) is 15.9 Å². The van der Waals surface area contributed by atoms with E-state index in [2.05, 4.69) is 0 Å². The summed E-state index contributed by atoms with van der Waals surface area (Å²) in [5, 5.41) is 10.0. The van der Waals surface area contributed by atoms with Gasteiger partial charge >= 0.3 is 51.4 Å². The number of amides is 2. The summed E-state index contributed by atoms with van der Waals surface area (Å²) in [6.45, 7) is -0.0534. The smallest absolute Gasteiger partial charge is 0.744 e. The topological polar surface area (TPSA) is 115 Å². The van der Waals surface area contributed by atoms with Gasteiger partial charge in [-0.3, -0.25) is 14.5 Å². The molecule has 4 rings (SSSR count). The van der Waals surface area contributed by atoms with Crippen LogP contribution in [0.25, 0.3) is 10.8 Å². The number of hydrogen-bond donors (Lipinski definition) is 1. The van der Waals surface area contributed by atoms with Crippen molar-refractivity contribution in [2.45, 2.75) is 11.4 Å². The Morgan fingerprint density at radius 1 is 0.929 bits per heavy atom. The SMILES string of the molecule is O=C1c2cccc3cc(S(=O)(=O)[O-])cc(c23)C(=O)N1Cc1ccc(O)cc1.[K+]. The van der Waals surface area contributed by atoms with E-state index >= 15 is 0 Å². The summed E-state index contributed by atoms with van der Waals surface area (Å²) in [7, 11) is -4.77.